The van der Waals surface area contributed by atoms with Gasteiger partial charge in [0.15, 0.2) is 0 Å². The summed E-state index contributed by atoms with van der Waals surface area (Å²) in [5.74, 6) is -1.22. The first-order valence-corrected chi connectivity index (χ1v) is 5.63. The number of hydrogen-bond donors (Lipinski definition) is 1. The number of nitrogens with zero attached hydrogens (tertiary/aromatic N) is 1. The van der Waals surface area contributed by atoms with Gasteiger partial charge in [0, 0.05) is 20.1 Å². The number of aryl methyl sites for hydroxylation is 1. The molecule has 0 bridgehead atoms. The molecule has 1 N–H and O–H groups in total. The van der Waals surface area contributed by atoms with Crippen molar-refractivity contribution in [2.24, 2.45) is 0 Å². The van der Waals surface area contributed by atoms with Gasteiger partial charge in [0.25, 0.3) is 0 Å². The summed E-state index contributed by atoms with van der Waals surface area (Å²) in [5, 5.41) is 8.73. The molecule has 1 aromatic rings. The quantitative estimate of drug-likeness (QED) is 0.742. The number of methoxy groups -OCH3 is 1. The average molecular weight is 255 g/mol. The molecule has 18 heavy (non-hydrogen) atoms. The van der Waals surface area contributed by atoms with Crippen LogP contribution in [0.25, 0.3) is 0 Å². The van der Waals surface area contributed by atoms with Gasteiger partial charge in [0.05, 0.1) is 19.1 Å². The first-order valence-electron chi connectivity index (χ1n) is 5.63. The highest BCUT2D eigenvalue weighted by Gasteiger charge is 2.16. The molecular weight excluding hydrogens is 238 g/mol. The van der Waals surface area contributed by atoms with Crippen molar-refractivity contribution in [2.45, 2.75) is 12.8 Å². The van der Waals surface area contributed by atoms with Crippen LogP contribution in [0.2, 0.25) is 0 Å². The van der Waals surface area contributed by atoms with Crippen molar-refractivity contribution in [1.82, 2.24) is 4.90 Å². The molecule has 0 radical (unpaired) electrons. The molecule has 1 amide bonds. The number of furan rings is 1. The highest BCUT2D eigenvalue weighted by atomic mass is 16.5. The Kier molecular flexibility index (Phi) is 5.93. The van der Waals surface area contributed by atoms with E-state index in [1.54, 1.807) is 18.6 Å². The fraction of sp³-hybridized carbons (Fsp3) is 0.500. The van der Waals surface area contributed by atoms with Crippen molar-refractivity contribution in [1.29, 1.82) is 0 Å². The number of amides is 1. The minimum absolute atomic E-state index is 0.198. The van der Waals surface area contributed by atoms with Crippen LogP contribution in [-0.2, 0) is 20.7 Å². The molecule has 0 aliphatic heterocycles. The summed E-state index contributed by atoms with van der Waals surface area (Å²) in [7, 11) is 1.51. The lowest BCUT2D eigenvalue weighted by molar-refractivity contribution is -0.144. The zero-order valence-corrected chi connectivity index (χ0v) is 10.3. The molecule has 0 fully saturated rings. The number of carbonyl (C=O) groups is 2. The van der Waals surface area contributed by atoms with Crippen molar-refractivity contribution in [3.63, 3.8) is 0 Å². The average Bonchev–Trinajstić information content (AvgIpc) is 2.84. The number of carboxylic acid groups (broad SMARTS) is 1. The Labute approximate surface area is 105 Å². The van der Waals surface area contributed by atoms with Gasteiger partial charge < -0.3 is 19.2 Å². The minimum atomic E-state index is -1.03. The summed E-state index contributed by atoms with van der Waals surface area (Å²) in [5.41, 5.74) is 0.922. The zero-order valence-electron chi connectivity index (χ0n) is 10.3. The second kappa shape index (κ2) is 7.50. The van der Waals surface area contributed by atoms with E-state index in [0.717, 1.165) is 5.56 Å². The predicted octanol–water partition coefficient (Wildman–Crippen LogP) is 0.772. The number of aliphatic carboxylic acids is 1. The standard InChI is InChI=1S/C12H17NO5/c1-17-7-5-13(8-12(15)16)11(14)3-2-10-4-6-18-9-10/h4,6,9H,2-3,5,7-8H2,1H3,(H,15,16). The molecule has 0 spiro atoms. The number of carbonyl (C=O) groups excluding carboxylic acids is 1. The summed E-state index contributed by atoms with van der Waals surface area (Å²) in [6.45, 7) is 0.311. The SMILES string of the molecule is COCCN(CC(=O)O)C(=O)CCc1ccoc1. The van der Waals surface area contributed by atoms with Crippen LogP contribution in [0, 0.1) is 0 Å². The zero-order chi connectivity index (χ0) is 13.4. The van der Waals surface area contributed by atoms with Gasteiger partial charge in [-0.1, -0.05) is 0 Å². The number of carboxylic acids is 1. The van der Waals surface area contributed by atoms with E-state index in [1.165, 1.54) is 12.0 Å². The molecule has 1 aromatic heterocycles. The maximum Gasteiger partial charge on any atom is 0.323 e. The van der Waals surface area contributed by atoms with E-state index in [1.807, 2.05) is 0 Å². The lowest BCUT2D eigenvalue weighted by Crippen LogP contribution is -2.38. The van der Waals surface area contributed by atoms with E-state index in [2.05, 4.69) is 0 Å². The summed E-state index contributed by atoms with van der Waals surface area (Å²) < 4.78 is 9.75. The Balaban J connectivity index is 2.44. The molecule has 6 heteroatoms. The van der Waals surface area contributed by atoms with E-state index in [9.17, 15) is 9.59 Å². The molecule has 100 valence electrons. The predicted molar refractivity (Wildman–Crippen MR) is 63.1 cm³/mol. The summed E-state index contributed by atoms with van der Waals surface area (Å²) in [6, 6.07) is 1.78. The highest BCUT2D eigenvalue weighted by molar-refractivity contribution is 5.81. The van der Waals surface area contributed by atoms with Crippen molar-refractivity contribution in [3.05, 3.63) is 24.2 Å². The van der Waals surface area contributed by atoms with Gasteiger partial charge in [-0.05, 0) is 18.1 Å². The summed E-state index contributed by atoms with van der Waals surface area (Å²) >= 11 is 0. The Morgan fingerprint density at radius 3 is 2.83 bits per heavy atom. The molecule has 0 saturated carbocycles. The molecule has 0 unspecified atom stereocenters. The second-order valence-electron chi connectivity index (χ2n) is 3.83. The number of hydrogen-bond acceptors (Lipinski definition) is 4. The Morgan fingerprint density at radius 1 is 1.50 bits per heavy atom. The Bertz CT molecular complexity index is 374. The van der Waals surface area contributed by atoms with Gasteiger partial charge >= 0.3 is 5.97 Å². The van der Waals surface area contributed by atoms with Crippen molar-refractivity contribution in [2.75, 3.05) is 26.8 Å². The van der Waals surface area contributed by atoms with Crippen LogP contribution >= 0.6 is 0 Å². The third kappa shape index (κ3) is 5.01. The minimum Gasteiger partial charge on any atom is -0.480 e. The summed E-state index contributed by atoms with van der Waals surface area (Å²) in [6.07, 6.45) is 3.92. The normalized spacial score (nSPS) is 10.3. The topological polar surface area (TPSA) is 80.0 Å². The molecule has 0 atom stereocenters. The fourth-order valence-electron chi connectivity index (χ4n) is 1.50. The lowest BCUT2D eigenvalue weighted by atomic mass is 10.2. The van der Waals surface area contributed by atoms with E-state index in [-0.39, 0.29) is 25.4 Å². The Morgan fingerprint density at radius 2 is 2.28 bits per heavy atom. The van der Waals surface area contributed by atoms with Crippen LogP contribution in [0.3, 0.4) is 0 Å². The smallest absolute Gasteiger partial charge is 0.323 e. The van der Waals surface area contributed by atoms with Gasteiger partial charge in [-0.2, -0.15) is 0 Å². The monoisotopic (exact) mass is 255 g/mol. The molecule has 0 aromatic carbocycles. The van der Waals surface area contributed by atoms with Gasteiger partial charge in [0.1, 0.15) is 6.54 Å². The molecule has 6 nitrogen and oxygen atoms in total. The van der Waals surface area contributed by atoms with Crippen LogP contribution in [0.1, 0.15) is 12.0 Å². The van der Waals surface area contributed by atoms with Gasteiger partial charge in [-0.25, -0.2) is 0 Å². The van der Waals surface area contributed by atoms with Crippen molar-refractivity contribution < 1.29 is 23.8 Å². The second-order valence-corrected chi connectivity index (χ2v) is 3.83. The van der Waals surface area contributed by atoms with Gasteiger partial charge in [-0.15, -0.1) is 0 Å². The van der Waals surface area contributed by atoms with Crippen LogP contribution < -0.4 is 0 Å². The third-order valence-electron chi connectivity index (χ3n) is 2.45. The largest absolute Gasteiger partial charge is 0.480 e. The highest BCUT2D eigenvalue weighted by Crippen LogP contribution is 2.05. The van der Waals surface area contributed by atoms with E-state index >= 15 is 0 Å². The first-order chi connectivity index (χ1) is 8.63. The maximum atomic E-state index is 11.9. The number of ether oxygens (including phenoxy) is 1. The first kappa shape index (κ1) is 14.2. The molecule has 0 saturated heterocycles. The van der Waals surface area contributed by atoms with E-state index < -0.39 is 5.97 Å². The summed E-state index contributed by atoms with van der Waals surface area (Å²) in [4.78, 5) is 23.8. The van der Waals surface area contributed by atoms with Gasteiger partial charge in [0.2, 0.25) is 5.91 Å². The van der Waals surface area contributed by atoms with E-state index in [4.69, 9.17) is 14.3 Å². The lowest BCUT2D eigenvalue weighted by Gasteiger charge is -2.20. The maximum absolute atomic E-state index is 11.9. The van der Waals surface area contributed by atoms with Crippen LogP contribution in [0.4, 0.5) is 0 Å². The fourth-order valence-corrected chi connectivity index (χ4v) is 1.50. The molecule has 0 aliphatic carbocycles. The third-order valence-corrected chi connectivity index (χ3v) is 2.45. The van der Waals surface area contributed by atoms with Crippen LogP contribution in [0.15, 0.2) is 23.0 Å². The van der Waals surface area contributed by atoms with Gasteiger partial charge in [-0.3, -0.25) is 9.59 Å². The van der Waals surface area contributed by atoms with Crippen LogP contribution in [-0.4, -0.2) is 48.7 Å². The molecule has 1 heterocycles. The van der Waals surface area contributed by atoms with Crippen molar-refractivity contribution in [3.8, 4) is 0 Å². The van der Waals surface area contributed by atoms with Crippen LogP contribution in [0.5, 0.6) is 0 Å². The van der Waals surface area contributed by atoms with E-state index in [0.29, 0.717) is 13.0 Å². The molecule has 0 aliphatic rings. The molecular formula is C12H17NO5. The van der Waals surface area contributed by atoms with Crippen molar-refractivity contribution >= 4 is 11.9 Å². The molecule has 1 rings (SSSR count). The number of rotatable bonds is 8. The Hall–Kier alpha value is -1.82.